The average molecular weight is 296 g/mol. The molecule has 1 aromatic carbocycles. The normalized spacial score (nSPS) is 14.3. The maximum absolute atomic E-state index is 12.7. The minimum atomic E-state index is -4.36. The van der Waals surface area contributed by atoms with Crippen LogP contribution >= 0.6 is 12.2 Å². The van der Waals surface area contributed by atoms with Gasteiger partial charge in [-0.2, -0.15) is 13.2 Å². The molecule has 0 unspecified atom stereocenters. The van der Waals surface area contributed by atoms with Gasteiger partial charge in [0.1, 0.15) is 10.5 Å². The SMILES string of the molecule is FC(F)(F)c1cccc(-c2nc(=S)c3c([nH]2)CCC3)c1. The molecule has 0 saturated carbocycles. The number of aryl methyl sites for hydroxylation is 1. The molecule has 0 spiro atoms. The largest absolute Gasteiger partial charge is 0.416 e. The van der Waals surface area contributed by atoms with E-state index in [0.717, 1.165) is 42.7 Å². The van der Waals surface area contributed by atoms with Crippen LogP contribution in [0.4, 0.5) is 13.2 Å². The number of aromatic amines is 1. The smallest absolute Gasteiger partial charge is 0.343 e. The van der Waals surface area contributed by atoms with Crippen molar-refractivity contribution in [1.29, 1.82) is 0 Å². The lowest BCUT2D eigenvalue weighted by Gasteiger charge is -2.09. The Hall–Kier alpha value is -1.69. The Kier molecular flexibility index (Phi) is 3.12. The summed E-state index contributed by atoms with van der Waals surface area (Å²) in [5.41, 5.74) is 1.74. The first-order valence-electron chi connectivity index (χ1n) is 6.25. The topological polar surface area (TPSA) is 28.7 Å². The first-order valence-corrected chi connectivity index (χ1v) is 6.66. The molecule has 2 nitrogen and oxygen atoms in total. The number of fused-ring (bicyclic) bond motifs is 1. The fraction of sp³-hybridized carbons (Fsp3) is 0.286. The number of hydrogen-bond donors (Lipinski definition) is 1. The van der Waals surface area contributed by atoms with Gasteiger partial charge in [-0.05, 0) is 31.4 Å². The molecular weight excluding hydrogens is 285 g/mol. The molecular formula is C14H11F3N2S. The van der Waals surface area contributed by atoms with E-state index in [1.165, 1.54) is 6.07 Å². The van der Waals surface area contributed by atoms with E-state index < -0.39 is 11.7 Å². The molecule has 1 heterocycles. The number of rotatable bonds is 1. The van der Waals surface area contributed by atoms with Crippen LogP contribution in [0.3, 0.4) is 0 Å². The van der Waals surface area contributed by atoms with Gasteiger partial charge in [0, 0.05) is 16.8 Å². The minimum Gasteiger partial charge on any atom is -0.343 e. The van der Waals surface area contributed by atoms with Gasteiger partial charge in [0.15, 0.2) is 0 Å². The van der Waals surface area contributed by atoms with Crippen LogP contribution in [0.2, 0.25) is 0 Å². The van der Waals surface area contributed by atoms with E-state index >= 15 is 0 Å². The van der Waals surface area contributed by atoms with E-state index in [1.807, 2.05) is 0 Å². The number of halogens is 3. The Morgan fingerprint density at radius 1 is 1.20 bits per heavy atom. The second-order valence-electron chi connectivity index (χ2n) is 4.78. The van der Waals surface area contributed by atoms with Crippen LogP contribution in [0, 0.1) is 4.64 Å². The summed E-state index contributed by atoms with van der Waals surface area (Å²) in [6.45, 7) is 0. The van der Waals surface area contributed by atoms with Crippen molar-refractivity contribution >= 4 is 12.2 Å². The average Bonchev–Trinajstić information content (AvgIpc) is 2.87. The number of hydrogen-bond acceptors (Lipinski definition) is 2. The maximum atomic E-state index is 12.7. The third-order valence-electron chi connectivity index (χ3n) is 3.42. The van der Waals surface area contributed by atoms with Crippen molar-refractivity contribution in [2.24, 2.45) is 0 Å². The predicted octanol–water partition coefficient (Wildman–Crippen LogP) is 4.31. The van der Waals surface area contributed by atoms with Crippen molar-refractivity contribution in [3.8, 4) is 11.4 Å². The highest BCUT2D eigenvalue weighted by Crippen LogP contribution is 2.32. The highest BCUT2D eigenvalue weighted by atomic mass is 32.1. The molecule has 2 aromatic rings. The molecule has 0 amide bonds. The van der Waals surface area contributed by atoms with Crippen LogP contribution in [-0.2, 0) is 19.0 Å². The van der Waals surface area contributed by atoms with Crippen molar-refractivity contribution in [2.75, 3.05) is 0 Å². The summed E-state index contributed by atoms with van der Waals surface area (Å²) in [6.07, 6.45) is -1.60. The summed E-state index contributed by atoms with van der Waals surface area (Å²) >= 11 is 5.22. The molecule has 1 aliphatic carbocycles. The third kappa shape index (κ3) is 2.35. The molecule has 0 atom stereocenters. The number of H-pyrrole nitrogens is 1. The van der Waals surface area contributed by atoms with Gasteiger partial charge in [-0.1, -0.05) is 24.4 Å². The predicted molar refractivity (Wildman–Crippen MR) is 71.9 cm³/mol. The van der Waals surface area contributed by atoms with E-state index in [9.17, 15) is 13.2 Å². The first-order chi connectivity index (χ1) is 9.45. The van der Waals surface area contributed by atoms with Crippen LogP contribution in [0.25, 0.3) is 11.4 Å². The van der Waals surface area contributed by atoms with Gasteiger partial charge < -0.3 is 4.98 Å². The van der Waals surface area contributed by atoms with Crippen molar-refractivity contribution in [3.05, 3.63) is 45.7 Å². The van der Waals surface area contributed by atoms with Crippen molar-refractivity contribution < 1.29 is 13.2 Å². The lowest BCUT2D eigenvalue weighted by atomic mass is 10.1. The van der Waals surface area contributed by atoms with Crippen molar-refractivity contribution in [1.82, 2.24) is 9.97 Å². The number of benzene rings is 1. The maximum Gasteiger partial charge on any atom is 0.416 e. The van der Waals surface area contributed by atoms with Crippen LogP contribution in [0.15, 0.2) is 24.3 Å². The zero-order chi connectivity index (χ0) is 14.3. The Balaban J connectivity index is 2.10. The molecule has 0 fully saturated rings. The zero-order valence-electron chi connectivity index (χ0n) is 10.4. The van der Waals surface area contributed by atoms with Gasteiger partial charge in [-0.25, -0.2) is 4.98 Å². The number of nitrogens with one attached hydrogen (secondary N) is 1. The van der Waals surface area contributed by atoms with Gasteiger partial charge in [0.2, 0.25) is 0 Å². The molecule has 104 valence electrons. The minimum absolute atomic E-state index is 0.403. The van der Waals surface area contributed by atoms with Crippen LogP contribution in [0.5, 0.6) is 0 Å². The monoisotopic (exact) mass is 296 g/mol. The molecule has 1 aliphatic rings. The highest BCUT2D eigenvalue weighted by molar-refractivity contribution is 7.71. The van der Waals surface area contributed by atoms with Gasteiger partial charge in [-0.15, -0.1) is 0 Å². The Morgan fingerprint density at radius 2 is 2.00 bits per heavy atom. The number of nitrogens with zero attached hydrogens (tertiary/aromatic N) is 1. The summed E-state index contributed by atoms with van der Waals surface area (Å²) in [7, 11) is 0. The molecule has 1 aromatic heterocycles. The Bertz CT molecular complexity index is 719. The Morgan fingerprint density at radius 3 is 2.75 bits per heavy atom. The van der Waals surface area contributed by atoms with Gasteiger partial charge >= 0.3 is 6.18 Å². The summed E-state index contributed by atoms with van der Waals surface area (Å²) in [5, 5.41) is 0. The molecule has 0 saturated heterocycles. The number of alkyl halides is 3. The fourth-order valence-corrected chi connectivity index (χ4v) is 2.75. The van der Waals surface area contributed by atoms with Crippen LogP contribution < -0.4 is 0 Å². The lowest BCUT2D eigenvalue weighted by Crippen LogP contribution is -2.05. The second kappa shape index (κ2) is 4.70. The van der Waals surface area contributed by atoms with E-state index in [2.05, 4.69) is 9.97 Å². The Labute approximate surface area is 118 Å². The summed E-state index contributed by atoms with van der Waals surface area (Å²) in [5.74, 6) is 0.404. The summed E-state index contributed by atoms with van der Waals surface area (Å²) in [4.78, 5) is 7.35. The summed E-state index contributed by atoms with van der Waals surface area (Å²) in [6, 6.07) is 5.12. The zero-order valence-corrected chi connectivity index (χ0v) is 11.2. The molecule has 20 heavy (non-hydrogen) atoms. The first kappa shape index (κ1) is 13.3. The third-order valence-corrected chi connectivity index (χ3v) is 3.76. The fourth-order valence-electron chi connectivity index (χ4n) is 2.44. The second-order valence-corrected chi connectivity index (χ2v) is 5.17. The van der Waals surface area contributed by atoms with Gasteiger partial charge in [0.25, 0.3) is 0 Å². The molecule has 0 radical (unpaired) electrons. The van der Waals surface area contributed by atoms with Crippen LogP contribution in [-0.4, -0.2) is 9.97 Å². The lowest BCUT2D eigenvalue weighted by molar-refractivity contribution is -0.137. The van der Waals surface area contributed by atoms with E-state index in [0.29, 0.717) is 16.0 Å². The molecule has 0 aliphatic heterocycles. The van der Waals surface area contributed by atoms with E-state index in [1.54, 1.807) is 6.07 Å². The quantitative estimate of drug-likeness (QED) is 0.794. The molecule has 1 N–H and O–H groups in total. The van der Waals surface area contributed by atoms with Crippen molar-refractivity contribution in [3.63, 3.8) is 0 Å². The number of aromatic nitrogens is 2. The van der Waals surface area contributed by atoms with Gasteiger partial charge in [-0.3, -0.25) is 0 Å². The van der Waals surface area contributed by atoms with Gasteiger partial charge in [0.05, 0.1) is 5.56 Å². The molecule has 3 rings (SSSR count). The molecule has 6 heteroatoms. The highest BCUT2D eigenvalue weighted by Gasteiger charge is 2.30. The van der Waals surface area contributed by atoms with E-state index in [4.69, 9.17) is 12.2 Å². The van der Waals surface area contributed by atoms with Crippen molar-refractivity contribution in [2.45, 2.75) is 25.4 Å². The van der Waals surface area contributed by atoms with Crippen LogP contribution in [0.1, 0.15) is 23.2 Å². The summed E-state index contributed by atoms with van der Waals surface area (Å²) < 4.78 is 38.7. The molecule has 0 bridgehead atoms. The standard InChI is InChI=1S/C14H11F3N2S/c15-14(16,17)9-4-1-3-8(7-9)12-18-11-6-2-5-10(11)13(20)19-12/h1,3-4,7H,2,5-6H2,(H,18,19,20). The van der Waals surface area contributed by atoms with E-state index in [-0.39, 0.29) is 0 Å².